The molecule has 0 unspecified atom stereocenters. The molecule has 4 rings (SSSR count). The first-order valence-corrected chi connectivity index (χ1v) is 10.6. The van der Waals surface area contributed by atoms with Gasteiger partial charge in [-0.05, 0) is 49.2 Å². The van der Waals surface area contributed by atoms with Crippen molar-refractivity contribution < 1.29 is 9.59 Å². The topological polar surface area (TPSA) is 56.8 Å². The summed E-state index contributed by atoms with van der Waals surface area (Å²) in [7, 11) is 0. The number of hydrogen-bond donors (Lipinski definition) is 0. The average molecular weight is 393 g/mol. The fourth-order valence-electron chi connectivity index (χ4n) is 4.07. The van der Waals surface area contributed by atoms with Crippen LogP contribution in [-0.2, 0) is 0 Å². The summed E-state index contributed by atoms with van der Waals surface area (Å²) in [6.45, 7) is 4.55. The molecule has 0 radical (unpaired) electrons. The van der Waals surface area contributed by atoms with E-state index in [0.29, 0.717) is 24.2 Å². The average Bonchev–Trinajstić information content (AvgIpc) is 3.09. The van der Waals surface area contributed by atoms with Crippen LogP contribution in [-0.4, -0.2) is 65.9 Å². The Morgan fingerprint density at radius 2 is 1.21 bits per heavy atom. The summed E-state index contributed by atoms with van der Waals surface area (Å²) in [4.78, 5) is 36.0. The van der Waals surface area contributed by atoms with Crippen molar-refractivity contribution in [3.63, 3.8) is 0 Å². The van der Waals surface area contributed by atoms with E-state index in [9.17, 15) is 9.59 Å². The van der Waals surface area contributed by atoms with E-state index in [-0.39, 0.29) is 11.8 Å². The first-order chi connectivity index (χ1) is 14.2. The van der Waals surface area contributed by atoms with E-state index in [0.717, 1.165) is 44.8 Å². The summed E-state index contributed by atoms with van der Waals surface area (Å²) in [6, 6.07) is 13.1. The third-order valence-corrected chi connectivity index (χ3v) is 5.81. The zero-order chi connectivity index (χ0) is 20.1. The van der Waals surface area contributed by atoms with Crippen molar-refractivity contribution in [1.82, 2.24) is 14.8 Å². The minimum atomic E-state index is 0.0273. The van der Waals surface area contributed by atoms with Crippen molar-refractivity contribution >= 4 is 17.6 Å². The molecule has 2 aromatic rings. The minimum absolute atomic E-state index is 0.0273. The second kappa shape index (κ2) is 9.07. The van der Waals surface area contributed by atoms with Gasteiger partial charge in [-0.3, -0.25) is 9.59 Å². The van der Waals surface area contributed by atoms with E-state index < -0.39 is 0 Å². The lowest BCUT2D eigenvalue weighted by atomic mass is 10.1. The van der Waals surface area contributed by atoms with Crippen LogP contribution in [0.4, 0.5) is 5.82 Å². The normalized spacial score (nSPS) is 17.7. The number of amides is 2. The Morgan fingerprint density at radius 3 is 1.72 bits per heavy atom. The SMILES string of the molecule is O=C(c1ccc(C(=O)N2CCN(c3ccccn3)CC2)cc1)N1CCCCCC1. The lowest BCUT2D eigenvalue weighted by molar-refractivity contribution is 0.0740. The first-order valence-electron chi connectivity index (χ1n) is 10.6. The number of pyridine rings is 1. The summed E-state index contributed by atoms with van der Waals surface area (Å²) in [6.07, 6.45) is 6.34. The van der Waals surface area contributed by atoms with Gasteiger partial charge in [0.15, 0.2) is 0 Å². The predicted octanol–water partition coefficient (Wildman–Crippen LogP) is 3.06. The lowest BCUT2D eigenvalue weighted by Gasteiger charge is -2.35. The molecule has 6 nitrogen and oxygen atoms in total. The van der Waals surface area contributed by atoms with Crippen LogP contribution in [0, 0.1) is 0 Å². The van der Waals surface area contributed by atoms with Gasteiger partial charge in [-0.1, -0.05) is 18.9 Å². The Balaban J connectivity index is 1.35. The van der Waals surface area contributed by atoms with Gasteiger partial charge in [-0.2, -0.15) is 0 Å². The minimum Gasteiger partial charge on any atom is -0.353 e. The number of benzene rings is 1. The molecule has 0 N–H and O–H groups in total. The molecule has 0 atom stereocenters. The Morgan fingerprint density at radius 1 is 0.655 bits per heavy atom. The molecule has 0 aliphatic carbocycles. The molecular formula is C23H28N4O2. The molecule has 2 saturated heterocycles. The van der Waals surface area contributed by atoms with Crippen LogP contribution in [0.1, 0.15) is 46.4 Å². The van der Waals surface area contributed by atoms with E-state index in [2.05, 4.69) is 9.88 Å². The monoisotopic (exact) mass is 392 g/mol. The largest absolute Gasteiger partial charge is 0.353 e. The summed E-state index contributed by atoms with van der Waals surface area (Å²) in [5.74, 6) is 1.06. The lowest BCUT2D eigenvalue weighted by Crippen LogP contribution is -2.49. The number of nitrogens with zero attached hydrogens (tertiary/aromatic N) is 4. The molecule has 0 bridgehead atoms. The number of aromatic nitrogens is 1. The molecule has 152 valence electrons. The maximum atomic E-state index is 12.9. The molecule has 2 aliphatic heterocycles. The van der Waals surface area contributed by atoms with Gasteiger partial charge in [0, 0.05) is 56.6 Å². The maximum Gasteiger partial charge on any atom is 0.253 e. The third-order valence-electron chi connectivity index (χ3n) is 5.81. The van der Waals surface area contributed by atoms with Gasteiger partial charge in [0.25, 0.3) is 11.8 Å². The van der Waals surface area contributed by atoms with Gasteiger partial charge in [-0.15, -0.1) is 0 Å². The Hall–Kier alpha value is -2.89. The number of carbonyl (C=O) groups excluding carboxylic acids is 2. The number of hydrogen-bond acceptors (Lipinski definition) is 4. The zero-order valence-electron chi connectivity index (χ0n) is 16.8. The number of piperazine rings is 1. The summed E-state index contributed by atoms with van der Waals surface area (Å²) < 4.78 is 0. The fourth-order valence-corrected chi connectivity index (χ4v) is 4.07. The Labute approximate surface area is 172 Å². The molecule has 0 saturated carbocycles. The standard InChI is InChI=1S/C23H28N4O2/c28-22(26-13-5-1-2-6-14-26)19-8-10-20(11-9-19)23(29)27-17-15-25(16-18-27)21-7-3-4-12-24-21/h3-4,7-12H,1-2,5-6,13-18H2. The van der Waals surface area contributed by atoms with Gasteiger partial charge in [0.05, 0.1) is 0 Å². The van der Waals surface area contributed by atoms with Crippen molar-refractivity contribution in [1.29, 1.82) is 0 Å². The Kier molecular flexibility index (Phi) is 6.08. The van der Waals surface area contributed by atoms with Gasteiger partial charge >= 0.3 is 0 Å². The van der Waals surface area contributed by atoms with Crippen LogP contribution < -0.4 is 4.90 Å². The van der Waals surface area contributed by atoms with E-state index in [1.54, 1.807) is 30.5 Å². The van der Waals surface area contributed by atoms with Crippen LogP contribution in [0.3, 0.4) is 0 Å². The molecule has 6 heteroatoms. The van der Waals surface area contributed by atoms with Gasteiger partial charge in [0.2, 0.25) is 0 Å². The van der Waals surface area contributed by atoms with Crippen LogP contribution in [0.15, 0.2) is 48.7 Å². The molecule has 0 spiro atoms. The highest BCUT2D eigenvalue weighted by Crippen LogP contribution is 2.17. The van der Waals surface area contributed by atoms with Crippen LogP contribution >= 0.6 is 0 Å². The van der Waals surface area contributed by atoms with Gasteiger partial charge in [0.1, 0.15) is 5.82 Å². The molecule has 2 fully saturated rings. The highest BCUT2D eigenvalue weighted by molar-refractivity contribution is 5.98. The van der Waals surface area contributed by atoms with E-state index in [1.807, 2.05) is 28.0 Å². The highest BCUT2D eigenvalue weighted by atomic mass is 16.2. The quantitative estimate of drug-likeness (QED) is 0.806. The molecule has 1 aromatic carbocycles. The van der Waals surface area contributed by atoms with E-state index in [4.69, 9.17) is 0 Å². The molecule has 3 heterocycles. The van der Waals surface area contributed by atoms with Crippen molar-refractivity contribution in [3.05, 3.63) is 59.8 Å². The molecule has 29 heavy (non-hydrogen) atoms. The molecule has 2 aliphatic rings. The summed E-state index contributed by atoms with van der Waals surface area (Å²) >= 11 is 0. The highest BCUT2D eigenvalue weighted by Gasteiger charge is 2.23. The first kappa shape index (κ1) is 19.4. The van der Waals surface area contributed by atoms with Crippen LogP contribution in [0.5, 0.6) is 0 Å². The smallest absolute Gasteiger partial charge is 0.253 e. The number of likely N-dealkylation sites (tertiary alicyclic amines) is 1. The number of anilines is 1. The van der Waals surface area contributed by atoms with E-state index >= 15 is 0 Å². The maximum absolute atomic E-state index is 12.9. The molecule has 2 amide bonds. The van der Waals surface area contributed by atoms with Crippen LogP contribution in [0.25, 0.3) is 0 Å². The predicted molar refractivity (Wildman–Crippen MR) is 113 cm³/mol. The van der Waals surface area contributed by atoms with Gasteiger partial charge < -0.3 is 14.7 Å². The van der Waals surface area contributed by atoms with Crippen molar-refractivity contribution in [2.24, 2.45) is 0 Å². The zero-order valence-corrected chi connectivity index (χ0v) is 16.8. The Bertz CT molecular complexity index is 822. The molecule has 1 aromatic heterocycles. The fraction of sp³-hybridized carbons (Fsp3) is 0.435. The van der Waals surface area contributed by atoms with Crippen molar-refractivity contribution in [2.75, 3.05) is 44.2 Å². The van der Waals surface area contributed by atoms with Crippen molar-refractivity contribution in [3.8, 4) is 0 Å². The number of carbonyl (C=O) groups is 2. The second-order valence-corrected chi connectivity index (χ2v) is 7.75. The second-order valence-electron chi connectivity index (χ2n) is 7.75. The number of rotatable bonds is 3. The van der Waals surface area contributed by atoms with Crippen molar-refractivity contribution in [2.45, 2.75) is 25.7 Å². The summed E-state index contributed by atoms with van der Waals surface area (Å²) in [5.41, 5.74) is 1.31. The van der Waals surface area contributed by atoms with Crippen LogP contribution in [0.2, 0.25) is 0 Å². The summed E-state index contributed by atoms with van der Waals surface area (Å²) in [5, 5.41) is 0. The van der Waals surface area contributed by atoms with Gasteiger partial charge in [-0.25, -0.2) is 4.98 Å². The molecular weight excluding hydrogens is 364 g/mol. The third kappa shape index (κ3) is 4.58. The van der Waals surface area contributed by atoms with E-state index in [1.165, 1.54) is 12.8 Å².